The van der Waals surface area contributed by atoms with Crippen molar-refractivity contribution in [3.63, 3.8) is 0 Å². The van der Waals surface area contributed by atoms with Gasteiger partial charge in [-0.1, -0.05) is 60.6 Å². The minimum atomic E-state index is -0.553. The average Bonchev–Trinajstić information content (AvgIpc) is 2.74. The molecule has 1 heterocycles. The molecule has 1 atom stereocenters. The standard InChI is InChI=1S/C21H24BO2/c1-16-17(12-9-13-19(16)18-10-7-6-8-11-18)14-15-22-23-20(2,3)21(4,5)24-22/h6-15H,2H2,1,3-5H3/q+1/b15-14+. The Kier molecular flexibility index (Phi) is 4.33. The SMILES string of the molecule is [CH2+]C1(C)OB(/C=C/c2cccc(-c3ccccc3)c2C)OC1(C)C. The van der Waals surface area contributed by atoms with Gasteiger partial charge in [-0.25, -0.2) is 0 Å². The molecule has 2 nitrogen and oxygen atoms in total. The van der Waals surface area contributed by atoms with Crippen molar-refractivity contribution in [1.82, 2.24) is 0 Å². The molecule has 1 fully saturated rings. The van der Waals surface area contributed by atoms with Crippen LogP contribution in [0.1, 0.15) is 31.9 Å². The van der Waals surface area contributed by atoms with Crippen molar-refractivity contribution in [2.45, 2.75) is 38.9 Å². The highest BCUT2D eigenvalue weighted by atomic mass is 16.7. The molecule has 0 saturated carbocycles. The van der Waals surface area contributed by atoms with Gasteiger partial charge in [-0.3, -0.25) is 0 Å². The first-order chi connectivity index (χ1) is 11.3. The van der Waals surface area contributed by atoms with Crippen molar-refractivity contribution in [2.24, 2.45) is 0 Å². The Hall–Kier alpha value is -1.97. The summed E-state index contributed by atoms with van der Waals surface area (Å²) in [5.41, 5.74) is 3.92. The summed E-state index contributed by atoms with van der Waals surface area (Å²) in [5.74, 6) is 1.97. The summed E-state index contributed by atoms with van der Waals surface area (Å²) < 4.78 is 11.9. The van der Waals surface area contributed by atoms with E-state index in [0.29, 0.717) is 0 Å². The van der Waals surface area contributed by atoms with Crippen molar-refractivity contribution in [3.8, 4) is 11.1 Å². The van der Waals surface area contributed by atoms with Crippen molar-refractivity contribution in [3.05, 3.63) is 72.6 Å². The number of rotatable bonds is 3. The van der Waals surface area contributed by atoms with Crippen LogP contribution in [0.3, 0.4) is 0 Å². The summed E-state index contributed by atoms with van der Waals surface area (Å²) in [7, 11) is -0.373. The van der Waals surface area contributed by atoms with Crippen molar-refractivity contribution in [2.75, 3.05) is 0 Å². The van der Waals surface area contributed by atoms with Gasteiger partial charge in [-0.05, 0) is 43.0 Å². The monoisotopic (exact) mass is 319 g/mol. The van der Waals surface area contributed by atoms with Gasteiger partial charge >= 0.3 is 7.12 Å². The zero-order valence-electron chi connectivity index (χ0n) is 14.9. The second kappa shape index (κ2) is 6.16. The lowest BCUT2D eigenvalue weighted by molar-refractivity contribution is 0.0262. The summed E-state index contributed by atoms with van der Waals surface area (Å²) >= 11 is 0. The van der Waals surface area contributed by atoms with Crippen LogP contribution >= 0.6 is 0 Å². The van der Waals surface area contributed by atoms with Crippen LogP contribution in [0.5, 0.6) is 0 Å². The molecule has 1 aliphatic heterocycles. The van der Waals surface area contributed by atoms with E-state index in [1.54, 1.807) is 0 Å². The van der Waals surface area contributed by atoms with Crippen LogP contribution in [0, 0.1) is 13.8 Å². The predicted molar refractivity (Wildman–Crippen MR) is 101 cm³/mol. The van der Waals surface area contributed by atoms with Gasteiger partial charge in [0.2, 0.25) is 5.60 Å². The molecule has 3 heteroatoms. The molecule has 0 amide bonds. The van der Waals surface area contributed by atoms with Crippen LogP contribution in [0.4, 0.5) is 0 Å². The second-order valence-electron chi connectivity index (χ2n) is 7.09. The van der Waals surface area contributed by atoms with Gasteiger partial charge in [-0.2, -0.15) is 0 Å². The molecule has 0 aliphatic carbocycles. The molecule has 24 heavy (non-hydrogen) atoms. The molecule has 1 unspecified atom stereocenters. The van der Waals surface area contributed by atoms with Crippen LogP contribution in [-0.4, -0.2) is 18.3 Å². The van der Waals surface area contributed by atoms with Crippen LogP contribution in [0.15, 0.2) is 54.5 Å². The van der Waals surface area contributed by atoms with E-state index in [2.05, 4.69) is 62.4 Å². The molecular formula is C21H24BO2+. The summed E-state index contributed by atoms with van der Waals surface area (Å²) in [6, 6.07) is 16.8. The zero-order chi connectivity index (χ0) is 17.4. The van der Waals surface area contributed by atoms with Gasteiger partial charge in [0.05, 0.1) is 6.92 Å². The smallest absolute Gasteiger partial charge is 0.395 e. The third-order valence-corrected chi connectivity index (χ3v) is 4.95. The number of hydrogen-bond donors (Lipinski definition) is 0. The quantitative estimate of drug-likeness (QED) is 0.577. The fraction of sp³-hybridized carbons (Fsp3) is 0.286. The van der Waals surface area contributed by atoms with Crippen LogP contribution < -0.4 is 0 Å². The van der Waals surface area contributed by atoms with Crippen LogP contribution in [0.2, 0.25) is 0 Å². The maximum atomic E-state index is 5.97. The van der Waals surface area contributed by atoms with E-state index >= 15 is 0 Å². The van der Waals surface area contributed by atoms with Gasteiger partial charge in [-0.15, -0.1) is 0 Å². The third-order valence-electron chi connectivity index (χ3n) is 4.95. The van der Waals surface area contributed by atoms with E-state index in [-0.39, 0.29) is 7.12 Å². The Bertz CT molecular complexity index is 732. The maximum Gasteiger partial charge on any atom is 0.490 e. The largest absolute Gasteiger partial charge is 0.490 e. The van der Waals surface area contributed by atoms with Gasteiger partial charge in [0.1, 0.15) is 5.60 Å². The number of benzene rings is 2. The fourth-order valence-corrected chi connectivity index (χ4v) is 2.86. The Morgan fingerprint density at radius 2 is 1.67 bits per heavy atom. The maximum absolute atomic E-state index is 5.97. The van der Waals surface area contributed by atoms with Crippen LogP contribution in [0.25, 0.3) is 17.2 Å². The highest BCUT2D eigenvalue weighted by Crippen LogP contribution is 2.37. The van der Waals surface area contributed by atoms with E-state index in [4.69, 9.17) is 9.31 Å². The fourth-order valence-electron chi connectivity index (χ4n) is 2.86. The normalized spacial score (nSPS) is 23.1. The molecule has 0 bridgehead atoms. The van der Waals surface area contributed by atoms with Gasteiger partial charge in [0.15, 0.2) is 0 Å². The lowest BCUT2D eigenvalue weighted by Crippen LogP contribution is -2.42. The molecule has 0 spiro atoms. The Morgan fingerprint density at radius 1 is 0.958 bits per heavy atom. The number of hydrogen-bond acceptors (Lipinski definition) is 2. The Balaban J connectivity index is 1.84. The topological polar surface area (TPSA) is 18.5 Å². The summed E-state index contributed by atoms with van der Waals surface area (Å²) in [5, 5.41) is 0. The Morgan fingerprint density at radius 3 is 2.29 bits per heavy atom. The minimum Gasteiger partial charge on any atom is -0.395 e. The summed E-state index contributed by atoms with van der Waals surface area (Å²) in [4.78, 5) is 0. The molecule has 3 rings (SSSR count). The van der Waals surface area contributed by atoms with Gasteiger partial charge in [0, 0.05) is 6.92 Å². The van der Waals surface area contributed by atoms with Gasteiger partial charge < -0.3 is 9.31 Å². The molecule has 0 radical (unpaired) electrons. The van der Waals surface area contributed by atoms with Crippen molar-refractivity contribution < 1.29 is 9.31 Å². The van der Waals surface area contributed by atoms with Crippen molar-refractivity contribution in [1.29, 1.82) is 0 Å². The summed E-state index contributed by atoms with van der Waals surface area (Å²) in [6.07, 6.45) is 2.07. The molecule has 1 aliphatic rings. The molecule has 2 aromatic carbocycles. The van der Waals surface area contributed by atoms with Gasteiger partial charge in [0.25, 0.3) is 0 Å². The molecule has 2 aromatic rings. The van der Waals surface area contributed by atoms with E-state index in [1.807, 2.05) is 32.8 Å². The molecule has 0 aromatic heterocycles. The summed E-state index contributed by atoms with van der Waals surface area (Å²) in [6.45, 7) is 12.2. The molecule has 0 N–H and O–H groups in total. The Labute approximate surface area is 145 Å². The minimum absolute atomic E-state index is 0.373. The highest BCUT2D eigenvalue weighted by Gasteiger charge is 2.55. The van der Waals surface area contributed by atoms with E-state index in [1.165, 1.54) is 22.3 Å². The zero-order valence-corrected chi connectivity index (χ0v) is 14.9. The van der Waals surface area contributed by atoms with E-state index in [0.717, 1.165) is 0 Å². The lowest BCUT2D eigenvalue weighted by atomic mass is 9.87. The van der Waals surface area contributed by atoms with Crippen molar-refractivity contribution >= 4 is 13.2 Å². The highest BCUT2D eigenvalue weighted by molar-refractivity contribution is 6.52. The van der Waals surface area contributed by atoms with E-state index in [9.17, 15) is 0 Å². The second-order valence-corrected chi connectivity index (χ2v) is 7.09. The lowest BCUT2D eigenvalue weighted by Gasteiger charge is -2.25. The molecule has 1 saturated heterocycles. The first-order valence-electron chi connectivity index (χ1n) is 8.34. The predicted octanol–water partition coefficient (Wildman–Crippen LogP) is 5.12. The first-order valence-corrected chi connectivity index (χ1v) is 8.34. The molecule has 122 valence electrons. The first kappa shape index (κ1) is 16.9. The average molecular weight is 319 g/mol. The van der Waals surface area contributed by atoms with E-state index < -0.39 is 11.2 Å². The third kappa shape index (κ3) is 3.15. The molecular weight excluding hydrogens is 295 g/mol. The van der Waals surface area contributed by atoms with Crippen LogP contribution in [-0.2, 0) is 9.31 Å².